The first kappa shape index (κ1) is 13.7. The van der Waals surface area contributed by atoms with E-state index in [2.05, 4.69) is 5.32 Å². The number of nitro benzene ring substituents is 1. The normalized spacial score (nSPS) is 22.2. The molecule has 1 aromatic carbocycles. The second-order valence-corrected chi connectivity index (χ2v) is 4.63. The summed E-state index contributed by atoms with van der Waals surface area (Å²) in [4.78, 5) is 22.0. The van der Waals surface area contributed by atoms with Crippen LogP contribution in [-0.2, 0) is 9.53 Å². The van der Waals surface area contributed by atoms with Crippen LogP contribution < -0.4 is 11.1 Å². The van der Waals surface area contributed by atoms with Gasteiger partial charge in [0, 0.05) is 17.8 Å². The average Bonchev–Trinajstić information content (AvgIpc) is 2.77. The molecule has 1 heterocycles. The molecule has 7 nitrogen and oxygen atoms in total. The molecule has 19 heavy (non-hydrogen) atoms. The molecule has 1 aliphatic rings. The molecule has 0 aromatic heterocycles. The lowest BCUT2D eigenvalue weighted by atomic mass is 10.0. The van der Waals surface area contributed by atoms with Crippen molar-refractivity contribution in [2.24, 2.45) is 11.7 Å². The van der Waals surface area contributed by atoms with Gasteiger partial charge in [0.1, 0.15) is 5.02 Å². The fraction of sp³-hybridized carbons (Fsp3) is 0.364. The Morgan fingerprint density at radius 1 is 1.53 bits per heavy atom. The minimum absolute atomic E-state index is 0.0175. The standard InChI is InChI=1S/C11H12ClN3O4/c12-8-2-1-6(3-10(8)15(17)18)14-11(16)7-4-19-5-9(7)13/h1-3,7,9H,4-5,13H2,(H,14,16). The molecule has 8 heteroatoms. The van der Waals surface area contributed by atoms with E-state index < -0.39 is 10.8 Å². The van der Waals surface area contributed by atoms with E-state index in [1.54, 1.807) is 0 Å². The van der Waals surface area contributed by atoms with Gasteiger partial charge in [0.05, 0.1) is 24.1 Å². The number of carbonyl (C=O) groups excluding carboxylic acids is 1. The molecule has 1 aliphatic heterocycles. The zero-order valence-corrected chi connectivity index (χ0v) is 10.6. The van der Waals surface area contributed by atoms with Crippen LogP contribution in [0.2, 0.25) is 5.02 Å². The zero-order valence-electron chi connectivity index (χ0n) is 9.84. The molecule has 1 aromatic rings. The maximum atomic E-state index is 11.9. The summed E-state index contributed by atoms with van der Waals surface area (Å²) >= 11 is 5.68. The number of nitrogens with zero attached hydrogens (tertiary/aromatic N) is 1. The number of anilines is 1. The minimum Gasteiger partial charge on any atom is -0.379 e. The summed E-state index contributed by atoms with van der Waals surface area (Å²) in [5.74, 6) is -0.767. The molecule has 0 spiro atoms. The summed E-state index contributed by atoms with van der Waals surface area (Å²) < 4.78 is 5.09. The molecular weight excluding hydrogens is 274 g/mol. The summed E-state index contributed by atoms with van der Waals surface area (Å²) in [6.45, 7) is 0.585. The molecule has 3 N–H and O–H groups in total. The van der Waals surface area contributed by atoms with E-state index in [0.29, 0.717) is 12.3 Å². The van der Waals surface area contributed by atoms with Crippen LogP contribution in [0.15, 0.2) is 18.2 Å². The lowest BCUT2D eigenvalue weighted by molar-refractivity contribution is -0.384. The van der Waals surface area contributed by atoms with E-state index >= 15 is 0 Å². The van der Waals surface area contributed by atoms with Crippen LogP contribution in [0, 0.1) is 16.0 Å². The van der Waals surface area contributed by atoms with E-state index in [9.17, 15) is 14.9 Å². The van der Waals surface area contributed by atoms with Crippen LogP contribution in [0.5, 0.6) is 0 Å². The number of halogens is 1. The van der Waals surface area contributed by atoms with Crippen molar-refractivity contribution in [3.05, 3.63) is 33.3 Å². The van der Waals surface area contributed by atoms with Crippen molar-refractivity contribution in [1.29, 1.82) is 0 Å². The third-order valence-electron chi connectivity index (χ3n) is 2.87. The van der Waals surface area contributed by atoms with Crippen LogP contribution in [0.1, 0.15) is 0 Å². The number of benzene rings is 1. The van der Waals surface area contributed by atoms with E-state index in [0.717, 1.165) is 0 Å². The van der Waals surface area contributed by atoms with Gasteiger partial charge in [0.25, 0.3) is 5.69 Å². The average molecular weight is 286 g/mol. The fourth-order valence-electron chi connectivity index (χ4n) is 1.81. The van der Waals surface area contributed by atoms with E-state index in [1.807, 2.05) is 0 Å². The number of amides is 1. The molecule has 1 saturated heterocycles. The molecule has 1 amide bonds. The minimum atomic E-state index is -0.609. The van der Waals surface area contributed by atoms with Gasteiger partial charge in [0.15, 0.2) is 0 Å². The van der Waals surface area contributed by atoms with E-state index in [1.165, 1.54) is 18.2 Å². The Morgan fingerprint density at radius 2 is 2.26 bits per heavy atom. The molecule has 102 valence electrons. The Kier molecular flexibility index (Phi) is 3.98. The molecule has 0 aliphatic carbocycles. The molecule has 0 bridgehead atoms. The Labute approximate surface area is 113 Å². The summed E-state index contributed by atoms with van der Waals surface area (Å²) in [5, 5.41) is 13.3. The molecule has 0 radical (unpaired) electrons. The quantitative estimate of drug-likeness (QED) is 0.640. The number of nitrogens with two attached hydrogens (primary N) is 1. The zero-order chi connectivity index (χ0) is 14.0. The van der Waals surface area contributed by atoms with Crippen LogP contribution in [0.25, 0.3) is 0 Å². The number of nitrogens with one attached hydrogen (secondary N) is 1. The highest BCUT2D eigenvalue weighted by atomic mass is 35.5. The number of ether oxygens (including phenoxy) is 1. The van der Waals surface area contributed by atoms with Crippen LogP contribution in [0.3, 0.4) is 0 Å². The third kappa shape index (κ3) is 3.01. The topological polar surface area (TPSA) is 107 Å². The van der Waals surface area contributed by atoms with Crippen molar-refractivity contribution >= 4 is 28.9 Å². The fourth-order valence-corrected chi connectivity index (χ4v) is 1.99. The summed E-state index contributed by atoms with van der Waals surface area (Å²) in [7, 11) is 0. The summed E-state index contributed by atoms with van der Waals surface area (Å²) in [6, 6.07) is 3.71. The maximum Gasteiger partial charge on any atom is 0.289 e. The lowest BCUT2D eigenvalue weighted by Gasteiger charge is -2.13. The third-order valence-corrected chi connectivity index (χ3v) is 3.19. The summed E-state index contributed by atoms with van der Waals surface area (Å²) in [6.07, 6.45) is 0. The van der Waals surface area contributed by atoms with Crippen molar-refractivity contribution in [2.75, 3.05) is 18.5 Å². The van der Waals surface area contributed by atoms with Crippen molar-refractivity contribution in [3.63, 3.8) is 0 Å². The van der Waals surface area contributed by atoms with Gasteiger partial charge in [0.2, 0.25) is 5.91 Å². The summed E-state index contributed by atoms with van der Waals surface area (Å²) in [5.41, 5.74) is 5.77. The van der Waals surface area contributed by atoms with Crippen molar-refractivity contribution in [2.45, 2.75) is 6.04 Å². The van der Waals surface area contributed by atoms with E-state index in [-0.39, 0.29) is 29.3 Å². The predicted molar refractivity (Wildman–Crippen MR) is 69.0 cm³/mol. The number of rotatable bonds is 3. The van der Waals surface area contributed by atoms with Gasteiger partial charge in [-0.15, -0.1) is 0 Å². The monoisotopic (exact) mass is 285 g/mol. The van der Waals surface area contributed by atoms with Gasteiger partial charge >= 0.3 is 0 Å². The van der Waals surface area contributed by atoms with Crippen LogP contribution in [-0.4, -0.2) is 30.1 Å². The van der Waals surface area contributed by atoms with E-state index in [4.69, 9.17) is 22.1 Å². The molecule has 1 fully saturated rings. The van der Waals surface area contributed by atoms with Crippen molar-refractivity contribution < 1.29 is 14.5 Å². The van der Waals surface area contributed by atoms with Gasteiger partial charge in [-0.05, 0) is 12.1 Å². The Hall–Kier alpha value is -1.70. The number of carbonyl (C=O) groups is 1. The Balaban J connectivity index is 2.13. The predicted octanol–water partition coefficient (Wildman–Crippen LogP) is 1.16. The van der Waals surface area contributed by atoms with Crippen LogP contribution in [0.4, 0.5) is 11.4 Å². The van der Waals surface area contributed by atoms with Crippen LogP contribution >= 0.6 is 11.6 Å². The largest absolute Gasteiger partial charge is 0.379 e. The molecule has 2 unspecified atom stereocenters. The van der Waals surface area contributed by atoms with Gasteiger partial charge in [-0.2, -0.15) is 0 Å². The first-order chi connectivity index (χ1) is 8.99. The highest BCUT2D eigenvalue weighted by Gasteiger charge is 2.31. The maximum absolute atomic E-state index is 11.9. The number of hydrogen-bond acceptors (Lipinski definition) is 5. The molecular formula is C11H12ClN3O4. The number of nitro groups is 1. The van der Waals surface area contributed by atoms with Gasteiger partial charge in [-0.3, -0.25) is 14.9 Å². The lowest BCUT2D eigenvalue weighted by Crippen LogP contribution is -2.37. The SMILES string of the molecule is NC1COCC1C(=O)Nc1ccc(Cl)c([N+](=O)[O-])c1. The highest BCUT2D eigenvalue weighted by molar-refractivity contribution is 6.32. The van der Waals surface area contributed by atoms with Crippen molar-refractivity contribution in [1.82, 2.24) is 0 Å². The second-order valence-electron chi connectivity index (χ2n) is 4.22. The Morgan fingerprint density at radius 3 is 2.84 bits per heavy atom. The first-order valence-electron chi connectivity index (χ1n) is 5.57. The van der Waals surface area contributed by atoms with Gasteiger partial charge < -0.3 is 15.8 Å². The molecule has 0 saturated carbocycles. The molecule has 2 rings (SSSR count). The smallest absolute Gasteiger partial charge is 0.289 e. The highest BCUT2D eigenvalue weighted by Crippen LogP contribution is 2.27. The van der Waals surface area contributed by atoms with Gasteiger partial charge in [-0.25, -0.2) is 0 Å². The second kappa shape index (κ2) is 5.52. The van der Waals surface area contributed by atoms with Gasteiger partial charge in [-0.1, -0.05) is 11.6 Å². The van der Waals surface area contributed by atoms with Crippen molar-refractivity contribution in [3.8, 4) is 0 Å². The Bertz CT molecular complexity index is 523. The molecule has 2 atom stereocenters. The number of hydrogen-bond donors (Lipinski definition) is 2. The first-order valence-corrected chi connectivity index (χ1v) is 5.95.